The predicted octanol–water partition coefficient (Wildman–Crippen LogP) is 1.95. The molecule has 0 aliphatic heterocycles. The first-order valence-electron chi connectivity index (χ1n) is 8.21. The molecule has 8 heteroatoms. The Kier molecular flexibility index (Phi) is 5.20. The van der Waals surface area contributed by atoms with Crippen molar-refractivity contribution in [1.82, 2.24) is 9.88 Å². The van der Waals surface area contributed by atoms with E-state index in [-0.39, 0.29) is 24.2 Å². The van der Waals surface area contributed by atoms with Crippen LogP contribution in [-0.2, 0) is 22.6 Å². The number of aliphatic hydroxyl groups is 1. The van der Waals surface area contributed by atoms with Gasteiger partial charge in [-0.2, -0.15) is 0 Å². The van der Waals surface area contributed by atoms with Crippen molar-refractivity contribution in [2.24, 2.45) is 0 Å². The van der Waals surface area contributed by atoms with Crippen LogP contribution in [0.1, 0.15) is 35.5 Å². The van der Waals surface area contributed by atoms with Crippen LogP contribution in [0.15, 0.2) is 29.2 Å². The number of benzene rings is 1. The minimum atomic E-state index is -1.40. The second-order valence-electron chi connectivity index (χ2n) is 6.13. The quantitative estimate of drug-likeness (QED) is 0.570. The predicted molar refractivity (Wildman–Crippen MR) is 94.4 cm³/mol. The van der Waals surface area contributed by atoms with E-state index in [1.807, 2.05) is 0 Å². The summed E-state index contributed by atoms with van der Waals surface area (Å²) in [5.41, 5.74) is 1.28. The first-order valence-corrected chi connectivity index (χ1v) is 8.21. The Morgan fingerprint density at radius 2 is 2.11 bits per heavy atom. The molecule has 1 aliphatic carbocycles. The number of hydrogen-bond acceptors (Lipinski definition) is 5. The minimum absolute atomic E-state index is 0.0188. The number of fused-ring (bicyclic) bond motifs is 1. The molecule has 3 rings (SSSR count). The molecule has 0 spiro atoms. The average Bonchev–Trinajstić information content (AvgIpc) is 2.62. The summed E-state index contributed by atoms with van der Waals surface area (Å²) < 4.78 is 33.5. The fraction of sp³-hybridized carbons (Fsp3) is 0.263. The van der Waals surface area contributed by atoms with Crippen LogP contribution in [0.4, 0.5) is 8.78 Å². The average molecular weight is 376 g/mol. The van der Waals surface area contributed by atoms with Crippen LogP contribution in [0.3, 0.4) is 0 Å². The highest BCUT2D eigenvalue weighted by Crippen LogP contribution is 2.38. The number of aromatic nitrogens is 1. The van der Waals surface area contributed by atoms with E-state index in [4.69, 9.17) is 4.74 Å². The first kappa shape index (κ1) is 18.9. The Morgan fingerprint density at radius 1 is 1.37 bits per heavy atom. The number of aliphatic hydroxyl groups excluding tert-OH is 1. The van der Waals surface area contributed by atoms with E-state index in [2.05, 4.69) is 5.32 Å². The fourth-order valence-electron chi connectivity index (χ4n) is 3.16. The molecule has 1 aromatic carbocycles. The summed E-state index contributed by atoms with van der Waals surface area (Å²) >= 11 is 0. The summed E-state index contributed by atoms with van der Waals surface area (Å²) in [5.74, 6) is -0.938. The van der Waals surface area contributed by atoms with Crippen molar-refractivity contribution in [1.29, 1.82) is 0 Å². The molecule has 6 nitrogen and oxygen atoms in total. The number of nitrogens with one attached hydrogen (secondary N) is 1. The molecule has 1 unspecified atom stereocenters. The number of nitrogens with zero attached hydrogens (tertiary/aromatic N) is 1. The normalized spacial score (nSPS) is 13.8. The lowest BCUT2D eigenvalue weighted by Crippen LogP contribution is -2.33. The van der Waals surface area contributed by atoms with E-state index in [1.165, 1.54) is 23.9 Å². The number of allylic oxidation sites excluding steroid dienone is 1. The zero-order chi connectivity index (χ0) is 19.7. The Morgan fingerprint density at radius 3 is 2.74 bits per heavy atom. The van der Waals surface area contributed by atoms with E-state index in [9.17, 15) is 23.5 Å². The van der Waals surface area contributed by atoms with Gasteiger partial charge in [0, 0.05) is 29.9 Å². The van der Waals surface area contributed by atoms with Crippen LogP contribution in [0.5, 0.6) is 0 Å². The van der Waals surface area contributed by atoms with E-state index in [0.29, 0.717) is 28.9 Å². The summed E-state index contributed by atoms with van der Waals surface area (Å²) in [6.45, 7) is 1.58. The van der Waals surface area contributed by atoms with Crippen molar-refractivity contribution < 1.29 is 23.4 Å². The van der Waals surface area contributed by atoms with Crippen molar-refractivity contribution in [3.8, 4) is 0 Å². The van der Waals surface area contributed by atoms with Crippen LogP contribution in [0, 0.1) is 11.6 Å². The molecular formula is C19H18F2N2O4. The molecule has 0 saturated heterocycles. The number of methoxy groups -OCH3 is 1. The maximum atomic E-state index is 13.7. The number of halogens is 2. The summed E-state index contributed by atoms with van der Waals surface area (Å²) in [4.78, 5) is 23.7. The van der Waals surface area contributed by atoms with Crippen LogP contribution >= 0.6 is 0 Å². The molecule has 1 atom stereocenters. The van der Waals surface area contributed by atoms with Gasteiger partial charge in [-0.05, 0) is 13.0 Å². The molecule has 2 aromatic rings. The zero-order valence-corrected chi connectivity index (χ0v) is 14.8. The molecule has 0 fully saturated rings. The number of pyridine rings is 1. The standard InChI is InChI=1S/C19H18F2N2O4/c1-10-15-16(18(10)27-2)23(5-6-24)9-13(17(15)25)19(26)22-8-11-3-4-12(20)7-14(11)21/h3-4,6-7,9,19,22,26H,5,8H2,1-2H3. The SMILES string of the molecule is COC1=C(C)c2c1n(CC=O)cc(C(O)NCc1ccc(F)cc1F)c2=O. The number of aldehydes is 1. The van der Waals surface area contributed by atoms with E-state index >= 15 is 0 Å². The maximum absolute atomic E-state index is 13.7. The number of carbonyl (C=O) groups excluding carboxylic acids is 1. The topological polar surface area (TPSA) is 80.6 Å². The third-order valence-corrected chi connectivity index (χ3v) is 4.51. The molecule has 0 bridgehead atoms. The van der Waals surface area contributed by atoms with Crippen LogP contribution in [-0.4, -0.2) is 23.1 Å². The Bertz CT molecular complexity index is 998. The van der Waals surface area contributed by atoms with Crippen molar-refractivity contribution >= 4 is 17.6 Å². The van der Waals surface area contributed by atoms with Crippen molar-refractivity contribution in [3.63, 3.8) is 0 Å². The van der Waals surface area contributed by atoms with Gasteiger partial charge in [0.2, 0.25) is 0 Å². The van der Waals surface area contributed by atoms with Gasteiger partial charge >= 0.3 is 0 Å². The smallest absolute Gasteiger partial charge is 0.197 e. The summed E-state index contributed by atoms with van der Waals surface area (Å²) in [6, 6.07) is 3.10. The fourth-order valence-corrected chi connectivity index (χ4v) is 3.16. The molecule has 27 heavy (non-hydrogen) atoms. The van der Waals surface area contributed by atoms with Gasteiger partial charge in [0.05, 0.1) is 30.5 Å². The summed E-state index contributed by atoms with van der Waals surface area (Å²) in [5, 5.41) is 13.0. The second kappa shape index (κ2) is 7.42. The Labute approximate surface area is 153 Å². The van der Waals surface area contributed by atoms with Gasteiger partial charge in [-0.1, -0.05) is 6.07 Å². The summed E-state index contributed by atoms with van der Waals surface area (Å²) in [6.07, 6.45) is 0.646. The molecule has 142 valence electrons. The van der Waals surface area contributed by atoms with Gasteiger partial charge in [-0.25, -0.2) is 8.78 Å². The largest absolute Gasteiger partial charge is 0.494 e. The lowest BCUT2D eigenvalue weighted by molar-refractivity contribution is -0.108. The van der Waals surface area contributed by atoms with E-state index < -0.39 is 23.3 Å². The third-order valence-electron chi connectivity index (χ3n) is 4.51. The highest BCUT2D eigenvalue weighted by atomic mass is 19.1. The van der Waals surface area contributed by atoms with Crippen LogP contribution < -0.4 is 10.7 Å². The highest BCUT2D eigenvalue weighted by Gasteiger charge is 2.32. The molecular weight excluding hydrogens is 358 g/mol. The lowest BCUT2D eigenvalue weighted by atomic mass is 9.89. The number of rotatable bonds is 7. The zero-order valence-electron chi connectivity index (χ0n) is 14.8. The Hall–Kier alpha value is -2.84. The maximum Gasteiger partial charge on any atom is 0.197 e. The van der Waals surface area contributed by atoms with Crippen molar-refractivity contribution in [2.75, 3.05) is 7.11 Å². The van der Waals surface area contributed by atoms with E-state index in [1.54, 1.807) is 6.92 Å². The molecule has 1 heterocycles. The highest BCUT2D eigenvalue weighted by molar-refractivity contribution is 5.99. The van der Waals surface area contributed by atoms with Gasteiger partial charge in [0.1, 0.15) is 29.9 Å². The first-order chi connectivity index (χ1) is 12.9. The van der Waals surface area contributed by atoms with Gasteiger partial charge < -0.3 is 19.2 Å². The Balaban J connectivity index is 1.90. The van der Waals surface area contributed by atoms with Gasteiger partial charge in [-0.15, -0.1) is 0 Å². The van der Waals surface area contributed by atoms with Gasteiger partial charge in [-0.3, -0.25) is 10.1 Å². The molecule has 1 aliphatic rings. The molecule has 0 radical (unpaired) electrons. The van der Waals surface area contributed by atoms with Gasteiger partial charge in [0.25, 0.3) is 0 Å². The number of carbonyl (C=O) groups is 1. The summed E-state index contributed by atoms with van der Waals surface area (Å²) in [7, 11) is 1.47. The lowest BCUT2D eigenvalue weighted by Gasteiger charge is -2.28. The number of hydrogen-bond donors (Lipinski definition) is 2. The van der Waals surface area contributed by atoms with Crippen molar-refractivity contribution in [3.05, 3.63) is 68.6 Å². The van der Waals surface area contributed by atoms with Gasteiger partial charge in [0.15, 0.2) is 5.43 Å². The molecule has 1 aromatic heterocycles. The van der Waals surface area contributed by atoms with Crippen LogP contribution in [0.25, 0.3) is 11.3 Å². The number of ether oxygens (including phenoxy) is 1. The molecule has 0 saturated carbocycles. The molecule has 0 amide bonds. The van der Waals surface area contributed by atoms with Crippen LogP contribution in [0.2, 0.25) is 0 Å². The minimum Gasteiger partial charge on any atom is -0.494 e. The van der Waals surface area contributed by atoms with E-state index in [0.717, 1.165) is 12.1 Å². The van der Waals surface area contributed by atoms with Crippen molar-refractivity contribution in [2.45, 2.75) is 26.2 Å². The monoisotopic (exact) mass is 376 g/mol. The second-order valence-corrected chi connectivity index (χ2v) is 6.13. The molecule has 2 N–H and O–H groups in total. The third kappa shape index (κ3) is 3.29.